The monoisotopic (exact) mass is 315 g/mol. The van der Waals surface area contributed by atoms with Gasteiger partial charge in [-0.25, -0.2) is 0 Å². The minimum absolute atomic E-state index is 0.0342. The molecule has 0 saturated heterocycles. The second-order valence-corrected chi connectivity index (χ2v) is 5.40. The summed E-state index contributed by atoms with van der Waals surface area (Å²) < 4.78 is 0.805. The van der Waals surface area contributed by atoms with E-state index in [-0.39, 0.29) is 11.9 Å². The Balaban J connectivity index is 2.78. The molecule has 1 amide bonds. The highest BCUT2D eigenvalue weighted by Gasteiger charge is 2.14. The fourth-order valence-electron chi connectivity index (χ4n) is 1.68. The van der Waals surface area contributed by atoms with E-state index in [9.17, 15) is 4.79 Å². The van der Waals surface area contributed by atoms with Gasteiger partial charge < -0.3 is 5.32 Å². The summed E-state index contributed by atoms with van der Waals surface area (Å²) in [7, 11) is 0. The highest BCUT2D eigenvalue weighted by atomic mass is 79.9. The fraction of sp³-hybridized carbons (Fsp3) is 0.462. The number of thiol groups is 1. The third-order valence-electron chi connectivity index (χ3n) is 2.66. The first kappa shape index (κ1) is 14.6. The highest BCUT2D eigenvalue weighted by Crippen LogP contribution is 2.20. The molecular weight excluding hydrogens is 298 g/mol. The number of hydrogen-bond acceptors (Lipinski definition) is 2. The molecule has 4 heteroatoms. The highest BCUT2D eigenvalue weighted by molar-refractivity contribution is 9.10. The number of carbonyl (C=O) groups excluding carboxylic acids is 1. The Hall–Kier alpha value is -0.480. The van der Waals surface area contributed by atoms with Gasteiger partial charge in [-0.3, -0.25) is 4.79 Å². The standard InChI is InChI=1S/C13H18BrNOS/c1-3-5-9(4-2)15-13(16)11-8-10(17)6-7-12(11)14/h6-9,17H,3-5H2,1-2H3,(H,15,16). The lowest BCUT2D eigenvalue weighted by Crippen LogP contribution is -2.34. The molecule has 0 aliphatic heterocycles. The van der Waals surface area contributed by atoms with Crippen molar-refractivity contribution in [1.82, 2.24) is 5.32 Å². The Bertz CT molecular complexity index is 395. The summed E-state index contributed by atoms with van der Waals surface area (Å²) in [5, 5.41) is 3.05. The summed E-state index contributed by atoms with van der Waals surface area (Å²) in [4.78, 5) is 12.9. The summed E-state index contributed by atoms with van der Waals surface area (Å²) in [6.45, 7) is 4.21. The van der Waals surface area contributed by atoms with Crippen LogP contribution < -0.4 is 5.32 Å². The van der Waals surface area contributed by atoms with Gasteiger partial charge in [-0.05, 0) is 47.0 Å². The van der Waals surface area contributed by atoms with Crippen LogP contribution in [0.15, 0.2) is 27.6 Å². The fourth-order valence-corrected chi connectivity index (χ4v) is 2.31. The molecule has 1 unspecified atom stereocenters. The van der Waals surface area contributed by atoms with Crippen LogP contribution in [0.2, 0.25) is 0 Å². The van der Waals surface area contributed by atoms with E-state index in [0.29, 0.717) is 5.56 Å². The molecule has 17 heavy (non-hydrogen) atoms. The van der Waals surface area contributed by atoms with E-state index >= 15 is 0 Å². The first-order valence-electron chi connectivity index (χ1n) is 5.87. The zero-order valence-electron chi connectivity index (χ0n) is 10.2. The number of nitrogens with one attached hydrogen (secondary N) is 1. The Morgan fingerprint density at radius 3 is 2.76 bits per heavy atom. The van der Waals surface area contributed by atoms with Crippen molar-refractivity contribution in [3.8, 4) is 0 Å². The van der Waals surface area contributed by atoms with Gasteiger partial charge in [0.2, 0.25) is 0 Å². The largest absolute Gasteiger partial charge is 0.349 e. The molecule has 0 aliphatic carbocycles. The quantitative estimate of drug-likeness (QED) is 0.789. The lowest BCUT2D eigenvalue weighted by Gasteiger charge is -2.16. The molecule has 1 aromatic carbocycles. The maximum absolute atomic E-state index is 12.1. The molecular formula is C13H18BrNOS. The summed E-state index contributed by atoms with van der Waals surface area (Å²) in [6, 6.07) is 5.73. The van der Waals surface area contributed by atoms with Crippen LogP contribution in [0, 0.1) is 0 Å². The second-order valence-electron chi connectivity index (χ2n) is 4.03. The van der Waals surface area contributed by atoms with Crippen molar-refractivity contribution in [2.75, 3.05) is 0 Å². The van der Waals surface area contributed by atoms with E-state index in [4.69, 9.17) is 0 Å². The Morgan fingerprint density at radius 1 is 1.47 bits per heavy atom. The molecule has 1 atom stereocenters. The van der Waals surface area contributed by atoms with Crippen molar-refractivity contribution in [1.29, 1.82) is 0 Å². The van der Waals surface area contributed by atoms with Crippen LogP contribution in [0.3, 0.4) is 0 Å². The molecule has 0 bridgehead atoms. The average Bonchev–Trinajstić information content (AvgIpc) is 2.31. The van der Waals surface area contributed by atoms with Crippen LogP contribution in [-0.4, -0.2) is 11.9 Å². The molecule has 2 nitrogen and oxygen atoms in total. The van der Waals surface area contributed by atoms with Gasteiger partial charge in [-0.15, -0.1) is 12.6 Å². The van der Waals surface area contributed by atoms with Crippen molar-refractivity contribution in [2.45, 2.75) is 44.0 Å². The molecule has 0 radical (unpaired) electrons. The number of rotatable bonds is 5. The molecule has 0 aromatic heterocycles. The topological polar surface area (TPSA) is 29.1 Å². The summed E-state index contributed by atoms with van der Waals surface area (Å²) in [5.41, 5.74) is 0.645. The third kappa shape index (κ3) is 4.36. The van der Waals surface area contributed by atoms with Gasteiger partial charge in [0.05, 0.1) is 5.56 Å². The molecule has 0 heterocycles. The van der Waals surface area contributed by atoms with E-state index in [1.807, 2.05) is 12.1 Å². The van der Waals surface area contributed by atoms with E-state index in [1.165, 1.54) is 0 Å². The summed E-state index contributed by atoms with van der Waals surface area (Å²) in [5.74, 6) is -0.0342. The Kier molecular flexibility index (Phi) is 6.06. The third-order valence-corrected chi connectivity index (χ3v) is 3.63. The second kappa shape index (κ2) is 7.07. The molecule has 0 spiro atoms. The number of benzene rings is 1. The van der Waals surface area contributed by atoms with Gasteiger partial charge >= 0.3 is 0 Å². The van der Waals surface area contributed by atoms with Crippen molar-refractivity contribution >= 4 is 34.5 Å². The number of carbonyl (C=O) groups is 1. The van der Waals surface area contributed by atoms with Gasteiger partial charge in [0.1, 0.15) is 0 Å². The van der Waals surface area contributed by atoms with Crippen molar-refractivity contribution in [2.24, 2.45) is 0 Å². The molecule has 1 N–H and O–H groups in total. The van der Waals surface area contributed by atoms with E-state index in [2.05, 4.69) is 47.7 Å². The van der Waals surface area contributed by atoms with Crippen LogP contribution in [0.25, 0.3) is 0 Å². The molecule has 94 valence electrons. The van der Waals surface area contributed by atoms with Crippen LogP contribution in [0.1, 0.15) is 43.5 Å². The maximum Gasteiger partial charge on any atom is 0.252 e. The summed E-state index contributed by atoms with van der Waals surface area (Å²) in [6.07, 6.45) is 3.05. The predicted molar refractivity (Wildman–Crippen MR) is 77.8 cm³/mol. The van der Waals surface area contributed by atoms with Gasteiger partial charge in [0.15, 0.2) is 0 Å². The smallest absolute Gasteiger partial charge is 0.252 e. The number of hydrogen-bond donors (Lipinski definition) is 2. The van der Waals surface area contributed by atoms with Crippen LogP contribution in [0.4, 0.5) is 0 Å². The van der Waals surface area contributed by atoms with Crippen LogP contribution in [-0.2, 0) is 0 Å². The van der Waals surface area contributed by atoms with E-state index < -0.39 is 0 Å². The van der Waals surface area contributed by atoms with Gasteiger partial charge in [-0.2, -0.15) is 0 Å². The number of halogens is 1. The van der Waals surface area contributed by atoms with Gasteiger partial charge in [0, 0.05) is 15.4 Å². The Morgan fingerprint density at radius 2 is 2.18 bits per heavy atom. The SMILES string of the molecule is CCCC(CC)NC(=O)c1cc(S)ccc1Br. The van der Waals surface area contributed by atoms with Crippen molar-refractivity contribution < 1.29 is 4.79 Å². The first-order valence-corrected chi connectivity index (χ1v) is 7.11. The minimum Gasteiger partial charge on any atom is -0.349 e. The lowest BCUT2D eigenvalue weighted by molar-refractivity contribution is 0.0932. The Labute approximate surface area is 117 Å². The minimum atomic E-state index is -0.0342. The maximum atomic E-state index is 12.1. The summed E-state index contributed by atoms with van der Waals surface area (Å²) >= 11 is 7.64. The zero-order chi connectivity index (χ0) is 12.8. The molecule has 0 aliphatic rings. The first-order chi connectivity index (χ1) is 8.08. The predicted octanol–water partition coefficient (Wildman–Crippen LogP) is 4.05. The number of amides is 1. The van der Waals surface area contributed by atoms with Gasteiger partial charge in [-0.1, -0.05) is 20.3 Å². The molecule has 1 aromatic rings. The van der Waals surface area contributed by atoms with Gasteiger partial charge in [0.25, 0.3) is 5.91 Å². The normalized spacial score (nSPS) is 12.2. The zero-order valence-corrected chi connectivity index (χ0v) is 12.6. The van der Waals surface area contributed by atoms with E-state index in [0.717, 1.165) is 28.6 Å². The van der Waals surface area contributed by atoms with Crippen molar-refractivity contribution in [3.05, 3.63) is 28.2 Å². The molecule has 1 rings (SSSR count). The van der Waals surface area contributed by atoms with Crippen molar-refractivity contribution in [3.63, 3.8) is 0 Å². The van der Waals surface area contributed by atoms with Crippen LogP contribution in [0.5, 0.6) is 0 Å². The average molecular weight is 316 g/mol. The molecule has 0 saturated carbocycles. The van der Waals surface area contributed by atoms with E-state index in [1.54, 1.807) is 6.07 Å². The lowest BCUT2D eigenvalue weighted by atomic mass is 10.1. The molecule has 0 fully saturated rings. The van der Waals surface area contributed by atoms with Crippen LogP contribution >= 0.6 is 28.6 Å².